The lowest BCUT2D eigenvalue weighted by molar-refractivity contribution is -0.452. The number of hydrogen-bond acceptors (Lipinski definition) is 6. The van der Waals surface area contributed by atoms with Gasteiger partial charge in [0.15, 0.2) is 0 Å². The molecule has 2 aliphatic carbocycles. The highest BCUT2D eigenvalue weighted by Crippen LogP contribution is 2.36. The molecule has 1 saturated carbocycles. The first kappa shape index (κ1) is 18.2. The first-order chi connectivity index (χ1) is 12.7. The van der Waals surface area contributed by atoms with Crippen LogP contribution in [0.25, 0.3) is 0 Å². The van der Waals surface area contributed by atoms with Gasteiger partial charge < -0.3 is 0 Å². The van der Waals surface area contributed by atoms with Crippen LogP contribution < -0.4 is 4.72 Å². The average Bonchev–Trinajstić information content (AvgIpc) is 3.12. The van der Waals surface area contributed by atoms with Crippen LogP contribution in [0.5, 0.6) is 0 Å². The number of imide groups is 1. The lowest BCUT2D eigenvalue weighted by Gasteiger charge is -2.24. The van der Waals surface area contributed by atoms with Crippen molar-refractivity contribution >= 4 is 39.0 Å². The molecule has 0 spiro atoms. The number of hydrogen-bond donors (Lipinski definition) is 1. The van der Waals surface area contributed by atoms with Gasteiger partial charge in [-0.1, -0.05) is 6.08 Å². The Labute approximate surface area is 161 Å². The Kier molecular flexibility index (Phi) is 4.17. The summed E-state index contributed by atoms with van der Waals surface area (Å²) >= 11 is 1.41. The number of amides is 3. The van der Waals surface area contributed by atoms with Gasteiger partial charge in [0.1, 0.15) is 28.1 Å². The van der Waals surface area contributed by atoms with Crippen LogP contribution in [0.1, 0.15) is 24.8 Å². The van der Waals surface area contributed by atoms with Crippen LogP contribution >= 0.6 is 11.3 Å². The minimum Gasteiger partial charge on any atom is -0.245 e. The van der Waals surface area contributed by atoms with Crippen molar-refractivity contribution in [1.82, 2.24) is 14.6 Å². The summed E-state index contributed by atoms with van der Waals surface area (Å²) in [5.74, 6) is -0.507. The van der Waals surface area contributed by atoms with Crippen LogP contribution in [0.4, 0.5) is 4.79 Å². The second-order valence-corrected chi connectivity index (χ2v) is 9.97. The molecular formula is C17H19N4O4S2+. The standard InChI is InChI=1S/C17H19N4O4S2/c1-17(5-6-17)19-27(24,25)11-3-4-13-12(9-11)15(22)20(2)16(23)21(13)10-14-18-7-8-26-14/h3-4,7-9,11,19H,5-6,10H2,1-2H3/q+1. The van der Waals surface area contributed by atoms with Crippen LogP contribution in [0.3, 0.4) is 0 Å². The normalized spacial score (nSPS) is 24.1. The number of carbonyl (C=O) groups excluding carboxylic acids is 2. The Morgan fingerprint density at radius 1 is 1.41 bits per heavy atom. The van der Waals surface area contributed by atoms with Crippen LogP contribution in [0.15, 0.2) is 35.4 Å². The summed E-state index contributed by atoms with van der Waals surface area (Å²) in [6, 6.07) is -0.461. The van der Waals surface area contributed by atoms with Gasteiger partial charge in [-0.15, -0.1) is 11.3 Å². The first-order valence-corrected chi connectivity index (χ1v) is 10.9. The molecule has 0 saturated heterocycles. The van der Waals surface area contributed by atoms with Crippen LogP contribution in [-0.2, 0) is 21.4 Å². The smallest absolute Gasteiger partial charge is 0.245 e. The summed E-state index contributed by atoms with van der Waals surface area (Å²) in [5, 5.41) is 1.58. The molecule has 0 bridgehead atoms. The number of urea groups is 1. The molecule has 1 N–H and O–H groups in total. The van der Waals surface area contributed by atoms with E-state index >= 15 is 0 Å². The van der Waals surface area contributed by atoms with Crippen LogP contribution in [-0.4, -0.2) is 58.4 Å². The number of carbonyl (C=O) groups is 2. The number of thiazole rings is 1. The molecule has 0 aromatic carbocycles. The van der Waals surface area contributed by atoms with Gasteiger partial charge in [0.05, 0.1) is 7.05 Å². The molecule has 8 nitrogen and oxygen atoms in total. The largest absolute Gasteiger partial charge is 0.501 e. The molecule has 10 heteroatoms. The van der Waals surface area contributed by atoms with Gasteiger partial charge in [0, 0.05) is 17.1 Å². The van der Waals surface area contributed by atoms with Crippen molar-refractivity contribution in [3.05, 3.63) is 40.4 Å². The molecule has 1 aromatic rings. The Morgan fingerprint density at radius 3 is 2.78 bits per heavy atom. The van der Waals surface area contributed by atoms with E-state index in [-0.39, 0.29) is 12.1 Å². The summed E-state index contributed by atoms with van der Waals surface area (Å²) in [4.78, 5) is 30.4. The van der Waals surface area contributed by atoms with E-state index in [0.29, 0.717) is 5.71 Å². The molecule has 1 fully saturated rings. The summed E-state index contributed by atoms with van der Waals surface area (Å²) in [6.45, 7) is 2.08. The van der Waals surface area contributed by atoms with E-state index in [1.165, 1.54) is 35.1 Å². The lowest BCUT2D eigenvalue weighted by Crippen LogP contribution is -2.50. The van der Waals surface area contributed by atoms with Crippen molar-refractivity contribution in [2.24, 2.45) is 0 Å². The third-order valence-corrected chi connectivity index (χ3v) is 7.47. The molecule has 4 rings (SSSR count). The van der Waals surface area contributed by atoms with Crippen LogP contribution in [0.2, 0.25) is 0 Å². The van der Waals surface area contributed by atoms with Crippen molar-refractivity contribution < 1.29 is 22.6 Å². The summed E-state index contributed by atoms with van der Waals surface area (Å²) in [6.07, 6.45) is 7.72. The van der Waals surface area contributed by atoms with E-state index in [4.69, 9.17) is 0 Å². The third-order valence-electron chi connectivity index (χ3n) is 4.92. The molecule has 0 radical (unpaired) electrons. The third kappa shape index (κ3) is 3.28. The maximum absolute atomic E-state index is 12.7. The Morgan fingerprint density at radius 2 is 2.15 bits per heavy atom. The van der Waals surface area contributed by atoms with Crippen LogP contribution in [0, 0.1) is 0 Å². The van der Waals surface area contributed by atoms with Crippen molar-refractivity contribution in [3.63, 3.8) is 0 Å². The van der Waals surface area contributed by atoms with Gasteiger partial charge in [-0.3, -0.25) is 0 Å². The van der Waals surface area contributed by atoms with Gasteiger partial charge >= 0.3 is 11.9 Å². The predicted octanol–water partition coefficient (Wildman–Crippen LogP) is 1.03. The van der Waals surface area contributed by atoms with Crippen molar-refractivity contribution in [3.8, 4) is 0 Å². The average molecular weight is 407 g/mol. The SMILES string of the molecule is CN1C(=O)C2=CC(S(=O)(=O)NC3(C)CC3)C=CC2=[N+](Cc2nccs2)C1=O. The minimum atomic E-state index is -3.66. The number of allylic oxidation sites excluding steroid dienone is 1. The molecule has 142 valence electrons. The summed E-state index contributed by atoms with van der Waals surface area (Å²) in [5.41, 5.74) is 0.227. The summed E-state index contributed by atoms with van der Waals surface area (Å²) in [7, 11) is -2.27. The van der Waals surface area contributed by atoms with Crippen molar-refractivity contribution in [2.45, 2.75) is 37.1 Å². The number of likely N-dealkylation sites (N-methyl/N-ethyl adjacent to an activating group) is 1. The Hall–Kier alpha value is -2.17. The fourth-order valence-corrected chi connectivity index (χ4v) is 5.29. The molecule has 3 amide bonds. The van der Waals surface area contributed by atoms with E-state index < -0.39 is 32.8 Å². The van der Waals surface area contributed by atoms with Gasteiger partial charge in [-0.25, -0.2) is 22.9 Å². The molecule has 1 aromatic heterocycles. The van der Waals surface area contributed by atoms with Crippen molar-refractivity contribution in [1.29, 1.82) is 0 Å². The fourth-order valence-electron chi connectivity index (χ4n) is 3.06. The number of rotatable bonds is 5. The fraction of sp³-hybridized carbons (Fsp3) is 0.412. The zero-order valence-electron chi connectivity index (χ0n) is 14.9. The zero-order chi connectivity index (χ0) is 19.4. The number of nitrogens with zero attached hydrogens (tertiary/aromatic N) is 3. The molecule has 2 heterocycles. The van der Waals surface area contributed by atoms with E-state index in [2.05, 4.69) is 9.71 Å². The zero-order valence-corrected chi connectivity index (χ0v) is 16.5. The van der Waals surface area contributed by atoms with Gasteiger partial charge in [-0.05, 0) is 31.9 Å². The Bertz CT molecular complexity index is 1020. The molecule has 1 unspecified atom stereocenters. The maximum Gasteiger partial charge on any atom is 0.501 e. The molecule has 27 heavy (non-hydrogen) atoms. The van der Waals surface area contributed by atoms with Gasteiger partial charge in [0.2, 0.25) is 10.0 Å². The minimum absolute atomic E-state index is 0.215. The number of sulfonamides is 1. The highest BCUT2D eigenvalue weighted by molar-refractivity contribution is 7.90. The predicted molar refractivity (Wildman–Crippen MR) is 100.0 cm³/mol. The molecule has 3 aliphatic rings. The van der Waals surface area contributed by atoms with Crippen molar-refractivity contribution in [2.75, 3.05) is 7.05 Å². The quantitative estimate of drug-likeness (QED) is 0.735. The van der Waals surface area contributed by atoms with Gasteiger partial charge in [-0.2, -0.15) is 14.3 Å². The van der Waals surface area contributed by atoms with E-state index in [1.807, 2.05) is 12.3 Å². The number of fused-ring (bicyclic) bond motifs is 1. The van der Waals surface area contributed by atoms with E-state index in [9.17, 15) is 18.0 Å². The topological polar surface area (TPSA) is 99.5 Å². The number of aromatic nitrogens is 1. The second-order valence-electron chi connectivity index (χ2n) is 7.16. The molecular weight excluding hydrogens is 388 g/mol. The Balaban J connectivity index is 1.73. The first-order valence-electron chi connectivity index (χ1n) is 8.48. The van der Waals surface area contributed by atoms with Gasteiger partial charge in [0.25, 0.3) is 0 Å². The molecule has 1 atom stereocenters. The highest BCUT2D eigenvalue weighted by atomic mass is 32.2. The second kappa shape index (κ2) is 6.18. The number of nitrogens with one attached hydrogen (secondary N) is 1. The molecule has 1 aliphatic heterocycles. The highest BCUT2D eigenvalue weighted by Gasteiger charge is 2.46. The van der Waals surface area contributed by atoms with E-state index in [0.717, 1.165) is 22.7 Å². The monoisotopic (exact) mass is 407 g/mol. The summed E-state index contributed by atoms with van der Waals surface area (Å²) < 4.78 is 29.5. The maximum atomic E-state index is 12.7. The van der Waals surface area contributed by atoms with E-state index in [1.54, 1.807) is 12.3 Å². The lowest BCUT2D eigenvalue weighted by atomic mass is 10.00.